The Morgan fingerprint density at radius 3 is 2.70 bits per heavy atom. The molecule has 2 amide bonds. The van der Waals surface area contributed by atoms with Crippen LogP contribution in [0.4, 0.5) is 10.5 Å². The van der Waals surface area contributed by atoms with E-state index in [9.17, 15) is 9.59 Å². The average Bonchev–Trinajstić information content (AvgIpc) is 2.47. The number of rotatable bonds is 4. The van der Waals surface area contributed by atoms with Gasteiger partial charge in [-0.1, -0.05) is 12.1 Å². The van der Waals surface area contributed by atoms with Crippen LogP contribution in [0.15, 0.2) is 24.3 Å². The van der Waals surface area contributed by atoms with E-state index < -0.39 is 12.6 Å². The third kappa shape index (κ3) is 3.86. The second-order valence-electron chi connectivity index (χ2n) is 4.21. The molecule has 1 heterocycles. The van der Waals surface area contributed by atoms with Crippen LogP contribution in [0, 0.1) is 0 Å². The highest BCUT2D eigenvalue weighted by molar-refractivity contribution is 5.91. The third-order valence-corrected chi connectivity index (χ3v) is 2.78. The summed E-state index contributed by atoms with van der Waals surface area (Å²) in [6, 6.07) is 6.47. The number of carbonyl (C=O) groups excluding carboxylic acids is 1. The van der Waals surface area contributed by atoms with Crippen molar-refractivity contribution in [2.75, 3.05) is 38.2 Å². The van der Waals surface area contributed by atoms with Gasteiger partial charge in [-0.25, -0.2) is 9.59 Å². The van der Waals surface area contributed by atoms with Gasteiger partial charge in [0.1, 0.15) is 5.75 Å². The summed E-state index contributed by atoms with van der Waals surface area (Å²) in [5, 5.41) is 11.3. The van der Waals surface area contributed by atoms with Crippen molar-refractivity contribution in [3.8, 4) is 5.75 Å². The number of morpholine rings is 1. The monoisotopic (exact) mass is 280 g/mol. The number of para-hydroxylation sites is 2. The minimum absolute atomic E-state index is 0.250. The predicted octanol–water partition coefficient (Wildman–Crippen LogP) is 1.01. The first-order chi connectivity index (χ1) is 9.66. The summed E-state index contributed by atoms with van der Waals surface area (Å²) in [5.41, 5.74) is 0.449. The molecule has 108 valence electrons. The number of aliphatic carboxylic acids is 1. The van der Waals surface area contributed by atoms with Gasteiger partial charge in [-0.2, -0.15) is 0 Å². The third-order valence-electron chi connectivity index (χ3n) is 2.78. The molecule has 0 saturated carbocycles. The fourth-order valence-corrected chi connectivity index (χ4v) is 1.80. The predicted molar refractivity (Wildman–Crippen MR) is 71.0 cm³/mol. The number of benzene rings is 1. The van der Waals surface area contributed by atoms with E-state index in [0.717, 1.165) is 0 Å². The van der Waals surface area contributed by atoms with E-state index in [-0.39, 0.29) is 6.03 Å². The molecule has 1 aromatic carbocycles. The summed E-state index contributed by atoms with van der Waals surface area (Å²) < 4.78 is 10.3. The van der Waals surface area contributed by atoms with Gasteiger partial charge < -0.3 is 24.8 Å². The zero-order chi connectivity index (χ0) is 14.4. The van der Waals surface area contributed by atoms with Crippen molar-refractivity contribution in [1.82, 2.24) is 4.90 Å². The Kier molecular flexibility index (Phi) is 4.78. The minimum Gasteiger partial charge on any atom is -0.480 e. The van der Waals surface area contributed by atoms with Gasteiger partial charge >= 0.3 is 12.0 Å². The SMILES string of the molecule is O=C(O)COc1ccccc1NC(=O)N1CCOCC1. The summed E-state index contributed by atoms with van der Waals surface area (Å²) in [6.45, 7) is 1.65. The Morgan fingerprint density at radius 1 is 1.30 bits per heavy atom. The Labute approximate surface area is 116 Å². The molecule has 0 atom stereocenters. The molecule has 1 fully saturated rings. The van der Waals surface area contributed by atoms with Crippen LogP contribution in [0.2, 0.25) is 0 Å². The van der Waals surface area contributed by atoms with E-state index in [1.54, 1.807) is 29.2 Å². The lowest BCUT2D eigenvalue weighted by Gasteiger charge is -2.27. The fourth-order valence-electron chi connectivity index (χ4n) is 1.80. The summed E-state index contributed by atoms with van der Waals surface area (Å²) in [5.74, 6) is -0.740. The number of nitrogens with one attached hydrogen (secondary N) is 1. The van der Waals surface area contributed by atoms with Crippen molar-refractivity contribution in [1.29, 1.82) is 0 Å². The largest absolute Gasteiger partial charge is 0.480 e. The quantitative estimate of drug-likeness (QED) is 0.859. The molecule has 7 heteroatoms. The van der Waals surface area contributed by atoms with Crippen molar-refractivity contribution in [2.45, 2.75) is 0 Å². The Morgan fingerprint density at radius 2 is 2.00 bits per heavy atom. The van der Waals surface area contributed by atoms with Gasteiger partial charge in [-0.3, -0.25) is 0 Å². The van der Waals surface area contributed by atoms with Crippen molar-refractivity contribution < 1.29 is 24.2 Å². The lowest BCUT2D eigenvalue weighted by molar-refractivity contribution is -0.139. The summed E-state index contributed by atoms with van der Waals surface area (Å²) in [6.07, 6.45) is 0. The van der Waals surface area contributed by atoms with Crippen LogP contribution in [0.1, 0.15) is 0 Å². The standard InChI is InChI=1S/C13H16N2O5/c16-12(17)9-20-11-4-2-1-3-10(11)14-13(18)15-5-7-19-8-6-15/h1-4H,5-9H2,(H,14,18)(H,16,17). The van der Waals surface area contributed by atoms with Gasteiger partial charge in [0.05, 0.1) is 18.9 Å². The normalized spacial score (nSPS) is 14.7. The number of nitrogens with zero attached hydrogens (tertiary/aromatic N) is 1. The lowest BCUT2D eigenvalue weighted by Crippen LogP contribution is -2.43. The van der Waals surface area contributed by atoms with Gasteiger partial charge in [-0.15, -0.1) is 0 Å². The second kappa shape index (κ2) is 6.76. The number of ether oxygens (including phenoxy) is 2. The van der Waals surface area contributed by atoms with E-state index in [0.29, 0.717) is 37.7 Å². The Balaban J connectivity index is 2.00. The van der Waals surface area contributed by atoms with Gasteiger partial charge in [0.15, 0.2) is 6.61 Å². The first-order valence-electron chi connectivity index (χ1n) is 6.24. The maximum Gasteiger partial charge on any atom is 0.341 e. The first-order valence-corrected chi connectivity index (χ1v) is 6.24. The van der Waals surface area contributed by atoms with E-state index in [1.165, 1.54) is 0 Å². The molecule has 2 rings (SSSR count). The number of carboxylic acids is 1. The number of urea groups is 1. The first kappa shape index (κ1) is 14.1. The van der Waals surface area contributed by atoms with Crippen LogP contribution in [-0.2, 0) is 9.53 Å². The van der Waals surface area contributed by atoms with Crippen LogP contribution < -0.4 is 10.1 Å². The van der Waals surface area contributed by atoms with Crippen LogP contribution in [0.5, 0.6) is 5.75 Å². The molecule has 0 radical (unpaired) electrons. The van der Waals surface area contributed by atoms with Gasteiger partial charge in [-0.05, 0) is 12.1 Å². The molecule has 1 aromatic rings. The van der Waals surface area contributed by atoms with E-state index in [1.807, 2.05) is 0 Å². The van der Waals surface area contributed by atoms with Crippen LogP contribution in [0.3, 0.4) is 0 Å². The van der Waals surface area contributed by atoms with Gasteiger partial charge in [0.25, 0.3) is 0 Å². The Bertz CT molecular complexity index is 485. The molecule has 1 saturated heterocycles. The molecular formula is C13H16N2O5. The molecular weight excluding hydrogens is 264 g/mol. The number of carbonyl (C=O) groups is 2. The van der Waals surface area contributed by atoms with Gasteiger partial charge in [0, 0.05) is 13.1 Å². The molecule has 0 aliphatic carbocycles. The summed E-state index contributed by atoms with van der Waals surface area (Å²) in [7, 11) is 0. The molecule has 2 N–H and O–H groups in total. The maximum atomic E-state index is 12.0. The molecule has 1 aliphatic heterocycles. The topological polar surface area (TPSA) is 88.1 Å². The number of anilines is 1. The lowest BCUT2D eigenvalue weighted by atomic mass is 10.3. The fraction of sp³-hybridized carbons (Fsp3) is 0.385. The van der Waals surface area contributed by atoms with Crippen LogP contribution in [0.25, 0.3) is 0 Å². The van der Waals surface area contributed by atoms with Gasteiger partial charge in [0.2, 0.25) is 0 Å². The number of amides is 2. The number of hydrogen-bond donors (Lipinski definition) is 2. The molecule has 0 spiro atoms. The zero-order valence-corrected chi connectivity index (χ0v) is 10.9. The van der Waals surface area contributed by atoms with Crippen molar-refractivity contribution in [3.63, 3.8) is 0 Å². The zero-order valence-electron chi connectivity index (χ0n) is 10.9. The summed E-state index contributed by atoms with van der Waals surface area (Å²) >= 11 is 0. The molecule has 0 unspecified atom stereocenters. The van der Waals surface area contributed by atoms with E-state index in [4.69, 9.17) is 14.6 Å². The maximum absolute atomic E-state index is 12.0. The molecule has 0 aromatic heterocycles. The number of hydrogen-bond acceptors (Lipinski definition) is 4. The van der Waals surface area contributed by atoms with Crippen molar-refractivity contribution in [2.24, 2.45) is 0 Å². The highest BCUT2D eigenvalue weighted by Gasteiger charge is 2.18. The van der Waals surface area contributed by atoms with E-state index >= 15 is 0 Å². The summed E-state index contributed by atoms with van der Waals surface area (Å²) in [4.78, 5) is 24.2. The second-order valence-corrected chi connectivity index (χ2v) is 4.21. The van der Waals surface area contributed by atoms with Crippen molar-refractivity contribution >= 4 is 17.7 Å². The van der Waals surface area contributed by atoms with Crippen molar-refractivity contribution in [3.05, 3.63) is 24.3 Å². The van der Waals surface area contributed by atoms with Crippen LogP contribution >= 0.6 is 0 Å². The number of carboxylic acid groups (broad SMARTS) is 1. The Hall–Kier alpha value is -2.28. The molecule has 20 heavy (non-hydrogen) atoms. The highest BCUT2D eigenvalue weighted by atomic mass is 16.5. The smallest absolute Gasteiger partial charge is 0.341 e. The minimum atomic E-state index is -1.07. The van der Waals surface area contributed by atoms with Crippen LogP contribution in [-0.4, -0.2) is 54.9 Å². The van der Waals surface area contributed by atoms with E-state index in [2.05, 4.69) is 5.32 Å². The average molecular weight is 280 g/mol. The molecule has 1 aliphatic rings. The molecule has 7 nitrogen and oxygen atoms in total. The molecule has 0 bridgehead atoms. The highest BCUT2D eigenvalue weighted by Crippen LogP contribution is 2.24.